The number of ether oxygens (including phenoxy) is 2. The average molecular weight is 389 g/mol. The highest BCUT2D eigenvalue weighted by Gasteiger charge is 2.24. The van der Waals surface area contributed by atoms with Gasteiger partial charge >= 0.3 is 0 Å². The van der Waals surface area contributed by atoms with Crippen LogP contribution in [0.2, 0.25) is 0 Å². The number of hydrogen-bond acceptors (Lipinski definition) is 6. The molecule has 8 nitrogen and oxygen atoms in total. The molecule has 0 saturated carbocycles. The van der Waals surface area contributed by atoms with Crippen LogP contribution >= 0.6 is 0 Å². The molecule has 0 atom stereocenters. The van der Waals surface area contributed by atoms with Crippen molar-refractivity contribution < 1.29 is 22.7 Å². The SMILES string of the molecule is COc1ccc(C2=NN(c3ccc(S(N)(=O)=O)cc3)C(=O)CC2)cc1OC. The summed E-state index contributed by atoms with van der Waals surface area (Å²) in [6, 6.07) is 11.1. The maximum atomic E-state index is 12.3. The molecular weight excluding hydrogens is 370 g/mol. The van der Waals surface area contributed by atoms with Crippen LogP contribution in [0.25, 0.3) is 0 Å². The fourth-order valence-corrected chi connectivity index (χ4v) is 3.27. The molecule has 2 aromatic carbocycles. The highest BCUT2D eigenvalue weighted by atomic mass is 32.2. The summed E-state index contributed by atoms with van der Waals surface area (Å²) in [5.41, 5.74) is 1.99. The highest BCUT2D eigenvalue weighted by Crippen LogP contribution is 2.30. The smallest absolute Gasteiger partial charge is 0.247 e. The van der Waals surface area contributed by atoms with Crippen LogP contribution in [0.5, 0.6) is 11.5 Å². The number of rotatable bonds is 5. The van der Waals surface area contributed by atoms with Crippen molar-refractivity contribution in [3.63, 3.8) is 0 Å². The molecular formula is C18H19N3O5S. The molecule has 2 N–H and O–H groups in total. The molecule has 1 amide bonds. The minimum absolute atomic E-state index is 0.0280. The summed E-state index contributed by atoms with van der Waals surface area (Å²) < 4.78 is 33.3. The number of primary sulfonamides is 1. The molecule has 1 heterocycles. The fourth-order valence-electron chi connectivity index (χ4n) is 2.75. The van der Waals surface area contributed by atoms with Gasteiger partial charge in [-0.2, -0.15) is 5.10 Å². The van der Waals surface area contributed by atoms with Crippen LogP contribution in [0.4, 0.5) is 5.69 Å². The second-order valence-electron chi connectivity index (χ2n) is 5.86. The number of carbonyl (C=O) groups excluding carboxylic acids is 1. The number of hydrogen-bond donors (Lipinski definition) is 1. The number of amides is 1. The number of carbonyl (C=O) groups is 1. The van der Waals surface area contributed by atoms with Crippen LogP contribution in [0.3, 0.4) is 0 Å². The van der Waals surface area contributed by atoms with Crippen LogP contribution in [0.15, 0.2) is 52.5 Å². The molecule has 0 aliphatic carbocycles. The third-order valence-corrected chi connectivity index (χ3v) is 5.09. The highest BCUT2D eigenvalue weighted by molar-refractivity contribution is 7.89. The third kappa shape index (κ3) is 3.93. The van der Waals surface area contributed by atoms with Crippen molar-refractivity contribution >= 4 is 27.3 Å². The van der Waals surface area contributed by atoms with Crippen molar-refractivity contribution in [2.75, 3.05) is 19.2 Å². The fraction of sp³-hybridized carbons (Fsp3) is 0.222. The van der Waals surface area contributed by atoms with Crippen LogP contribution < -0.4 is 19.6 Å². The summed E-state index contributed by atoms with van der Waals surface area (Å²) in [6.07, 6.45) is 0.768. The van der Waals surface area contributed by atoms with Gasteiger partial charge in [-0.1, -0.05) is 0 Å². The maximum Gasteiger partial charge on any atom is 0.247 e. The molecule has 9 heteroatoms. The molecule has 0 spiro atoms. The van der Waals surface area contributed by atoms with E-state index >= 15 is 0 Å². The Morgan fingerprint density at radius 1 is 1.00 bits per heavy atom. The van der Waals surface area contributed by atoms with E-state index in [1.165, 1.54) is 29.3 Å². The zero-order chi connectivity index (χ0) is 19.6. The van der Waals surface area contributed by atoms with E-state index < -0.39 is 10.0 Å². The second-order valence-corrected chi connectivity index (χ2v) is 7.42. The number of nitrogens with two attached hydrogens (primary N) is 1. The number of nitrogens with zero attached hydrogens (tertiary/aromatic N) is 2. The van der Waals surface area contributed by atoms with Crippen molar-refractivity contribution in [2.45, 2.75) is 17.7 Å². The molecule has 2 aromatic rings. The first-order chi connectivity index (χ1) is 12.8. The number of methoxy groups -OCH3 is 2. The standard InChI is InChI=1S/C18H19N3O5S/c1-25-16-9-3-12(11-17(16)26-2)15-8-10-18(22)21(20-15)13-4-6-14(7-5-13)27(19,23)24/h3-7,9,11H,8,10H2,1-2H3,(H2,19,23,24). The molecule has 1 aliphatic rings. The van der Waals surface area contributed by atoms with E-state index in [-0.39, 0.29) is 17.2 Å². The predicted octanol–water partition coefficient (Wildman–Crippen LogP) is 1.88. The molecule has 0 unspecified atom stereocenters. The predicted molar refractivity (Wildman–Crippen MR) is 101 cm³/mol. The normalized spacial score (nSPS) is 14.7. The first-order valence-corrected chi connectivity index (χ1v) is 9.64. The molecule has 0 aromatic heterocycles. The molecule has 1 aliphatic heterocycles. The number of hydrazone groups is 1. The largest absolute Gasteiger partial charge is 0.493 e. The number of anilines is 1. The summed E-state index contributed by atoms with van der Waals surface area (Å²) in [7, 11) is -0.691. The maximum absolute atomic E-state index is 12.3. The molecule has 3 rings (SSSR count). The van der Waals surface area contributed by atoms with Gasteiger partial charge in [0.2, 0.25) is 15.9 Å². The molecule has 27 heavy (non-hydrogen) atoms. The quantitative estimate of drug-likeness (QED) is 0.839. The Balaban J connectivity index is 1.96. The Labute approximate surface area is 157 Å². The van der Waals surface area contributed by atoms with Gasteiger partial charge in [0.25, 0.3) is 0 Å². The molecule has 0 fully saturated rings. The van der Waals surface area contributed by atoms with Crippen LogP contribution in [-0.2, 0) is 14.8 Å². The summed E-state index contributed by atoms with van der Waals surface area (Å²) >= 11 is 0. The molecule has 0 bridgehead atoms. The van der Waals surface area contributed by atoms with Gasteiger partial charge < -0.3 is 9.47 Å². The van der Waals surface area contributed by atoms with E-state index in [1.54, 1.807) is 26.4 Å². The van der Waals surface area contributed by atoms with E-state index in [9.17, 15) is 13.2 Å². The summed E-state index contributed by atoms with van der Waals surface area (Å²) in [5, 5.41) is 10.8. The average Bonchev–Trinajstić information content (AvgIpc) is 2.67. The molecule has 0 saturated heterocycles. The summed E-state index contributed by atoms with van der Waals surface area (Å²) in [5.74, 6) is 0.991. The zero-order valence-electron chi connectivity index (χ0n) is 14.9. The van der Waals surface area contributed by atoms with E-state index in [2.05, 4.69) is 5.10 Å². The summed E-state index contributed by atoms with van der Waals surface area (Å²) in [6.45, 7) is 0. The van der Waals surface area contributed by atoms with Crippen molar-refractivity contribution in [1.82, 2.24) is 0 Å². The van der Waals surface area contributed by atoms with Gasteiger partial charge in [-0.25, -0.2) is 18.6 Å². The van der Waals surface area contributed by atoms with Crippen molar-refractivity contribution in [3.8, 4) is 11.5 Å². The third-order valence-electron chi connectivity index (χ3n) is 4.16. The monoisotopic (exact) mass is 389 g/mol. The lowest BCUT2D eigenvalue weighted by Gasteiger charge is -2.24. The van der Waals surface area contributed by atoms with Gasteiger partial charge in [0.15, 0.2) is 11.5 Å². The minimum Gasteiger partial charge on any atom is -0.493 e. The van der Waals surface area contributed by atoms with E-state index in [0.717, 1.165) is 5.56 Å². The molecule has 142 valence electrons. The first kappa shape index (κ1) is 18.9. The van der Waals surface area contributed by atoms with Crippen molar-refractivity contribution in [2.24, 2.45) is 10.2 Å². The van der Waals surface area contributed by atoms with Gasteiger partial charge in [-0.05, 0) is 42.5 Å². The summed E-state index contributed by atoms with van der Waals surface area (Å²) in [4.78, 5) is 12.3. The lowest BCUT2D eigenvalue weighted by Crippen LogP contribution is -2.31. The lowest BCUT2D eigenvalue weighted by molar-refractivity contribution is -0.118. The zero-order valence-corrected chi connectivity index (χ0v) is 15.7. The van der Waals surface area contributed by atoms with Gasteiger partial charge in [0, 0.05) is 18.4 Å². The van der Waals surface area contributed by atoms with Crippen molar-refractivity contribution in [1.29, 1.82) is 0 Å². The van der Waals surface area contributed by atoms with E-state index in [0.29, 0.717) is 29.3 Å². The minimum atomic E-state index is -3.80. The Bertz CT molecular complexity index is 1000. The van der Waals surface area contributed by atoms with Gasteiger partial charge in [0.1, 0.15) is 0 Å². The Morgan fingerprint density at radius 3 is 2.26 bits per heavy atom. The van der Waals surface area contributed by atoms with Crippen LogP contribution in [0, 0.1) is 0 Å². The van der Waals surface area contributed by atoms with Crippen molar-refractivity contribution in [3.05, 3.63) is 48.0 Å². The van der Waals surface area contributed by atoms with Gasteiger partial charge in [-0.3, -0.25) is 4.79 Å². The van der Waals surface area contributed by atoms with Gasteiger partial charge in [0.05, 0.1) is 30.5 Å². The Morgan fingerprint density at radius 2 is 1.67 bits per heavy atom. The number of benzene rings is 2. The van der Waals surface area contributed by atoms with Gasteiger partial charge in [-0.15, -0.1) is 0 Å². The first-order valence-electron chi connectivity index (χ1n) is 8.09. The topological polar surface area (TPSA) is 111 Å². The lowest BCUT2D eigenvalue weighted by atomic mass is 10.0. The molecule has 0 radical (unpaired) electrons. The second kappa shape index (κ2) is 7.37. The van der Waals surface area contributed by atoms with E-state index in [1.807, 2.05) is 6.07 Å². The Kier molecular flexibility index (Phi) is 5.15. The van der Waals surface area contributed by atoms with Crippen LogP contribution in [0.1, 0.15) is 18.4 Å². The van der Waals surface area contributed by atoms with E-state index in [4.69, 9.17) is 14.6 Å². The van der Waals surface area contributed by atoms with Crippen LogP contribution in [-0.4, -0.2) is 34.3 Å². The Hall–Kier alpha value is -2.91. The number of sulfonamides is 1.